The van der Waals surface area contributed by atoms with Crippen LogP contribution >= 0.6 is 11.6 Å². The van der Waals surface area contributed by atoms with Gasteiger partial charge in [-0.1, -0.05) is 11.6 Å². The third kappa shape index (κ3) is 2.94. The number of piperidine rings is 1. The smallest absolute Gasteiger partial charge is 0.127 e. The quantitative estimate of drug-likeness (QED) is 0.863. The number of nitrogens with zero attached hydrogens (tertiary/aromatic N) is 1. The number of aliphatic hydroxyl groups excluding tert-OH is 1. The first-order valence-corrected chi connectivity index (χ1v) is 5.87. The number of β-amino-alcohol motifs (C(OH)–C–C–N with tert-alkyl or cyclic N) is 1. The molecule has 0 aromatic heterocycles. The summed E-state index contributed by atoms with van der Waals surface area (Å²) < 4.78 is 13.5. The maximum atomic E-state index is 13.5. The fourth-order valence-corrected chi connectivity index (χ4v) is 2.27. The molecule has 2 rings (SSSR count). The molecule has 1 aromatic rings. The van der Waals surface area contributed by atoms with E-state index in [0.717, 1.165) is 19.4 Å². The molecule has 1 heterocycles. The summed E-state index contributed by atoms with van der Waals surface area (Å²) in [7, 11) is 0. The highest BCUT2D eigenvalue weighted by atomic mass is 35.5. The number of halogens is 2. The molecule has 0 bridgehead atoms. The van der Waals surface area contributed by atoms with Crippen molar-refractivity contribution in [2.75, 3.05) is 13.1 Å². The number of likely N-dealkylation sites (tertiary alicyclic amines) is 1. The van der Waals surface area contributed by atoms with E-state index >= 15 is 0 Å². The second-order valence-corrected chi connectivity index (χ2v) is 4.70. The zero-order valence-electron chi connectivity index (χ0n) is 9.00. The summed E-state index contributed by atoms with van der Waals surface area (Å²) in [6.45, 7) is 2.04. The molecule has 1 aliphatic heterocycles. The zero-order valence-corrected chi connectivity index (χ0v) is 9.75. The van der Waals surface area contributed by atoms with Gasteiger partial charge in [0.2, 0.25) is 0 Å². The van der Waals surface area contributed by atoms with Crippen molar-refractivity contribution < 1.29 is 9.50 Å². The number of hydrogen-bond donors (Lipinski definition) is 1. The Morgan fingerprint density at radius 1 is 1.50 bits per heavy atom. The van der Waals surface area contributed by atoms with Gasteiger partial charge in [0.05, 0.1) is 6.10 Å². The highest BCUT2D eigenvalue weighted by Crippen LogP contribution is 2.19. The molecule has 1 aromatic carbocycles. The molecule has 1 atom stereocenters. The van der Waals surface area contributed by atoms with Crippen molar-refractivity contribution >= 4 is 11.6 Å². The van der Waals surface area contributed by atoms with E-state index in [-0.39, 0.29) is 11.9 Å². The van der Waals surface area contributed by atoms with Gasteiger partial charge in [-0.15, -0.1) is 0 Å². The third-order valence-corrected chi connectivity index (χ3v) is 3.12. The molecule has 0 saturated carbocycles. The molecule has 1 fully saturated rings. The molecule has 1 saturated heterocycles. The Bertz CT molecular complexity index is 372. The summed E-state index contributed by atoms with van der Waals surface area (Å²) >= 11 is 5.83. The Kier molecular flexibility index (Phi) is 3.79. The number of hydrogen-bond acceptors (Lipinski definition) is 2. The van der Waals surface area contributed by atoms with Gasteiger partial charge < -0.3 is 5.11 Å². The van der Waals surface area contributed by atoms with Gasteiger partial charge in [0.15, 0.2) is 0 Å². The van der Waals surface area contributed by atoms with E-state index in [9.17, 15) is 9.50 Å². The van der Waals surface area contributed by atoms with Gasteiger partial charge in [-0.25, -0.2) is 4.39 Å². The topological polar surface area (TPSA) is 23.5 Å². The lowest BCUT2D eigenvalue weighted by Gasteiger charge is -2.30. The van der Waals surface area contributed by atoms with E-state index in [2.05, 4.69) is 4.90 Å². The second-order valence-electron chi connectivity index (χ2n) is 4.27. The number of benzene rings is 1. The predicted molar refractivity (Wildman–Crippen MR) is 61.9 cm³/mol. The third-order valence-electron chi connectivity index (χ3n) is 2.88. The zero-order chi connectivity index (χ0) is 11.5. The van der Waals surface area contributed by atoms with Gasteiger partial charge in [-0.2, -0.15) is 0 Å². The van der Waals surface area contributed by atoms with Crippen molar-refractivity contribution in [3.63, 3.8) is 0 Å². The van der Waals surface area contributed by atoms with Crippen LogP contribution in [0, 0.1) is 5.82 Å². The minimum Gasteiger partial charge on any atom is -0.392 e. The summed E-state index contributed by atoms with van der Waals surface area (Å²) in [5.41, 5.74) is 0.599. The molecule has 88 valence electrons. The highest BCUT2D eigenvalue weighted by molar-refractivity contribution is 6.30. The Labute approximate surface area is 99.6 Å². The Morgan fingerprint density at radius 2 is 2.31 bits per heavy atom. The van der Waals surface area contributed by atoms with Crippen molar-refractivity contribution in [1.29, 1.82) is 0 Å². The van der Waals surface area contributed by atoms with Gasteiger partial charge in [0.1, 0.15) is 5.82 Å². The molecule has 1 aliphatic rings. The number of aliphatic hydroxyl groups is 1. The molecule has 0 amide bonds. The maximum Gasteiger partial charge on any atom is 0.127 e. The predicted octanol–water partition coefficient (Wildman–Crippen LogP) is 2.44. The van der Waals surface area contributed by atoms with Crippen LogP contribution in [0.2, 0.25) is 5.02 Å². The van der Waals surface area contributed by atoms with Gasteiger partial charge in [-0.05, 0) is 37.6 Å². The first-order chi connectivity index (χ1) is 7.65. The standard InChI is InChI=1S/C12H15ClFNO/c13-10-3-4-12(14)9(6-10)7-15-5-1-2-11(16)8-15/h3-4,6,11,16H,1-2,5,7-8H2. The molecule has 0 spiro atoms. The lowest BCUT2D eigenvalue weighted by molar-refractivity contribution is 0.0663. The molecule has 2 nitrogen and oxygen atoms in total. The second kappa shape index (κ2) is 5.13. The van der Waals surface area contributed by atoms with Crippen molar-refractivity contribution in [3.05, 3.63) is 34.6 Å². The van der Waals surface area contributed by atoms with Crippen LogP contribution in [0.1, 0.15) is 18.4 Å². The minimum absolute atomic E-state index is 0.232. The Hall–Kier alpha value is -0.640. The van der Waals surface area contributed by atoms with Gasteiger partial charge in [-0.3, -0.25) is 4.90 Å². The molecule has 0 radical (unpaired) electrons. The van der Waals surface area contributed by atoms with Gasteiger partial charge >= 0.3 is 0 Å². The molecular formula is C12H15ClFNO. The van der Waals surface area contributed by atoms with Crippen molar-refractivity contribution in [1.82, 2.24) is 4.90 Å². The summed E-state index contributed by atoms with van der Waals surface area (Å²) in [6.07, 6.45) is 1.52. The largest absolute Gasteiger partial charge is 0.392 e. The van der Waals surface area contributed by atoms with Crippen LogP contribution in [0.4, 0.5) is 4.39 Å². The summed E-state index contributed by atoms with van der Waals surface area (Å²) in [6, 6.07) is 4.58. The number of rotatable bonds is 2. The maximum absolute atomic E-state index is 13.5. The van der Waals surface area contributed by atoms with Crippen LogP contribution in [0.25, 0.3) is 0 Å². The highest BCUT2D eigenvalue weighted by Gasteiger charge is 2.18. The molecule has 4 heteroatoms. The van der Waals surface area contributed by atoms with Crippen molar-refractivity contribution in [3.8, 4) is 0 Å². The first-order valence-electron chi connectivity index (χ1n) is 5.49. The Balaban J connectivity index is 2.05. The lowest BCUT2D eigenvalue weighted by Crippen LogP contribution is -2.37. The van der Waals surface area contributed by atoms with Crippen LogP contribution in [0.3, 0.4) is 0 Å². The van der Waals surface area contributed by atoms with E-state index in [1.807, 2.05) is 0 Å². The van der Waals surface area contributed by atoms with E-state index < -0.39 is 0 Å². The van der Waals surface area contributed by atoms with Crippen molar-refractivity contribution in [2.24, 2.45) is 0 Å². The van der Waals surface area contributed by atoms with Crippen LogP contribution in [-0.4, -0.2) is 29.2 Å². The Morgan fingerprint density at radius 3 is 3.06 bits per heavy atom. The molecule has 0 aliphatic carbocycles. The van der Waals surface area contributed by atoms with E-state index in [1.165, 1.54) is 6.07 Å². The normalized spacial score (nSPS) is 22.3. The fourth-order valence-electron chi connectivity index (χ4n) is 2.08. The van der Waals surface area contributed by atoms with Gasteiger partial charge in [0.25, 0.3) is 0 Å². The summed E-state index contributed by atoms with van der Waals surface area (Å²) in [4.78, 5) is 2.06. The van der Waals surface area contributed by atoms with E-state index in [0.29, 0.717) is 23.7 Å². The van der Waals surface area contributed by atoms with Crippen LogP contribution in [0.5, 0.6) is 0 Å². The van der Waals surface area contributed by atoms with E-state index in [4.69, 9.17) is 11.6 Å². The minimum atomic E-state index is -0.281. The van der Waals surface area contributed by atoms with E-state index in [1.54, 1.807) is 12.1 Å². The molecule has 1 unspecified atom stereocenters. The molecule has 1 N–H and O–H groups in total. The lowest BCUT2D eigenvalue weighted by atomic mass is 10.1. The summed E-state index contributed by atoms with van der Waals surface area (Å²) in [5.74, 6) is -0.232. The summed E-state index contributed by atoms with van der Waals surface area (Å²) in [5, 5.41) is 10.1. The monoisotopic (exact) mass is 243 g/mol. The van der Waals surface area contributed by atoms with Crippen LogP contribution in [0.15, 0.2) is 18.2 Å². The average molecular weight is 244 g/mol. The van der Waals surface area contributed by atoms with Gasteiger partial charge in [0, 0.05) is 23.7 Å². The van der Waals surface area contributed by atoms with Crippen LogP contribution < -0.4 is 0 Å². The van der Waals surface area contributed by atoms with Crippen LogP contribution in [-0.2, 0) is 6.54 Å². The molecule has 16 heavy (non-hydrogen) atoms. The van der Waals surface area contributed by atoms with Crippen molar-refractivity contribution in [2.45, 2.75) is 25.5 Å². The average Bonchev–Trinajstić information content (AvgIpc) is 2.24. The fraction of sp³-hybridized carbons (Fsp3) is 0.500. The first kappa shape index (κ1) is 11.8. The SMILES string of the molecule is OC1CCCN(Cc2cc(Cl)ccc2F)C1. The molecular weight excluding hydrogens is 229 g/mol.